The largest absolute Gasteiger partial charge is 0.323 e. The van der Waals surface area contributed by atoms with Crippen LogP contribution in [-0.2, 0) is 0 Å². The first-order chi connectivity index (χ1) is 8.40. The predicted molar refractivity (Wildman–Crippen MR) is 64.8 cm³/mol. The Labute approximate surface area is 106 Å². The molecule has 0 aliphatic rings. The predicted octanol–water partition coefficient (Wildman–Crippen LogP) is 3.56. The number of nitrogens with two attached hydrogens (primary N) is 1. The van der Waals surface area contributed by atoms with Crippen LogP contribution in [0.5, 0.6) is 0 Å². The molecule has 18 heavy (non-hydrogen) atoms. The number of aryl methyl sites for hydroxylation is 1. The van der Waals surface area contributed by atoms with Gasteiger partial charge in [0.25, 0.3) is 0 Å². The topological polar surface area (TPSA) is 38.9 Å². The second-order valence-corrected chi connectivity index (χ2v) is 5.03. The molecule has 0 saturated heterocycles. The Bertz CT molecular complexity index is 570. The molecule has 1 heterocycles. The van der Waals surface area contributed by atoms with Crippen molar-refractivity contribution in [2.75, 3.05) is 0 Å². The summed E-state index contributed by atoms with van der Waals surface area (Å²) in [5.41, 5.74) is 6.05. The van der Waals surface area contributed by atoms with Crippen molar-refractivity contribution in [3.05, 3.63) is 40.2 Å². The molecular formula is C12H11F3N2S. The number of hydrogen-bond donors (Lipinski definition) is 1. The molecule has 2 nitrogen and oxygen atoms in total. The average Bonchev–Trinajstić information content (AvgIpc) is 2.58. The first-order valence-electron chi connectivity index (χ1n) is 5.28. The van der Waals surface area contributed by atoms with Crippen LogP contribution in [0.1, 0.15) is 23.5 Å². The van der Waals surface area contributed by atoms with Crippen LogP contribution in [0.3, 0.4) is 0 Å². The second-order valence-electron chi connectivity index (χ2n) is 4.00. The SMILES string of the molecule is Cc1nc(-c2c(F)cc(F)cc2F)sc1C(C)N. The quantitative estimate of drug-likeness (QED) is 0.908. The first kappa shape index (κ1) is 13.0. The van der Waals surface area contributed by atoms with Crippen LogP contribution in [0.25, 0.3) is 10.6 Å². The van der Waals surface area contributed by atoms with Crippen molar-refractivity contribution in [2.45, 2.75) is 19.9 Å². The van der Waals surface area contributed by atoms with Gasteiger partial charge in [-0.2, -0.15) is 0 Å². The normalized spacial score (nSPS) is 12.8. The fourth-order valence-electron chi connectivity index (χ4n) is 1.68. The molecule has 1 unspecified atom stereocenters. The molecule has 1 aromatic heterocycles. The van der Waals surface area contributed by atoms with Gasteiger partial charge >= 0.3 is 0 Å². The Morgan fingerprint density at radius 1 is 1.22 bits per heavy atom. The third-order valence-electron chi connectivity index (χ3n) is 2.47. The first-order valence-corrected chi connectivity index (χ1v) is 6.09. The number of nitrogens with zero attached hydrogens (tertiary/aromatic N) is 1. The number of thiazole rings is 1. The molecule has 0 aliphatic carbocycles. The average molecular weight is 272 g/mol. The van der Waals surface area contributed by atoms with Gasteiger partial charge in [-0.25, -0.2) is 18.2 Å². The Hall–Kier alpha value is -1.40. The lowest BCUT2D eigenvalue weighted by Gasteiger charge is -2.02. The summed E-state index contributed by atoms with van der Waals surface area (Å²) >= 11 is 1.12. The van der Waals surface area contributed by atoms with Gasteiger partial charge in [-0.1, -0.05) is 0 Å². The van der Waals surface area contributed by atoms with E-state index in [1.807, 2.05) is 0 Å². The second kappa shape index (κ2) is 4.70. The van der Waals surface area contributed by atoms with E-state index < -0.39 is 17.5 Å². The van der Waals surface area contributed by atoms with Crippen molar-refractivity contribution in [1.29, 1.82) is 0 Å². The van der Waals surface area contributed by atoms with Crippen LogP contribution in [0.15, 0.2) is 12.1 Å². The van der Waals surface area contributed by atoms with Crippen molar-refractivity contribution >= 4 is 11.3 Å². The zero-order valence-electron chi connectivity index (χ0n) is 9.80. The van der Waals surface area contributed by atoms with Gasteiger partial charge in [0.05, 0.1) is 11.3 Å². The minimum Gasteiger partial charge on any atom is -0.323 e. The van der Waals surface area contributed by atoms with Crippen molar-refractivity contribution in [3.63, 3.8) is 0 Å². The fraction of sp³-hybridized carbons (Fsp3) is 0.250. The van der Waals surface area contributed by atoms with E-state index in [1.165, 1.54) is 0 Å². The van der Waals surface area contributed by atoms with Gasteiger partial charge in [-0.3, -0.25) is 0 Å². The highest BCUT2D eigenvalue weighted by Crippen LogP contribution is 2.34. The minimum absolute atomic E-state index is 0.176. The standard InChI is InChI=1S/C12H11F3N2S/c1-5(16)11-6(2)17-12(18-11)10-8(14)3-7(13)4-9(10)15/h3-5H,16H2,1-2H3. The highest BCUT2D eigenvalue weighted by Gasteiger charge is 2.19. The summed E-state index contributed by atoms with van der Waals surface area (Å²) in [4.78, 5) is 4.85. The lowest BCUT2D eigenvalue weighted by molar-refractivity contribution is 0.548. The molecule has 2 aromatic rings. The summed E-state index contributed by atoms with van der Waals surface area (Å²) in [5.74, 6) is -2.87. The molecule has 0 spiro atoms. The number of hydrogen-bond acceptors (Lipinski definition) is 3. The minimum atomic E-state index is -0.961. The highest BCUT2D eigenvalue weighted by molar-refractivity contribution is 7.15. The summed E-state index contributed by atoms with van der Waals surface area (Å²) in [5, 5.41) is 0.176. The summed E-state index contributed by atoms with van der Waals surface area (Å²) in [6.07, 6.45) is 0. The Kier molecular flexibility index (Phi) is 3.41. The third-order valence-corrected chi connectivity index (χ3v) is 3.84. The maximum Gasteiger partial charge on any atom is 0.139 e. The van der Waals surface area contributed by atoms with Crippen LogP contribution in [-0.4, -0.2) is 4.98 Å². The van der Waals surface area contributed by atoms with E-state index >= 15 is 0 Å². The summed E-state index contributed by atoms with van der Waals surface area (Å²) in [6.45, 7) is 3.49. The lowest BCUT2D eigenvalue weighted by atomic mass is 10.2. The van der Waals surface area contributed by atoms with Gasteiger partial charge in [0.2, 0.25) is 0 Å². The van der Waals surface area contributed by atoms with Crippen molar-refractivity contribution < 1.29 is 13.2 Å². The molecule has 96 valence electrons. The summed E-state index contributed by atoms with van der Waals surface area (Å²) < 4.78 is 40.0. The van der Waals surface area contributed by atoms with Crippen LogP contribution in [0, 0.1) is 24.4 Å². The van der Waals surface area contributed by atoms with Crippen molar-refractivity contribution in [2.24, 2.45) is 5.73 Å². The molecule has 2 rings (SSSR count). The van der Waals surface area contributed by atoms with E-state index in [0.717, 1.165) is 16.2 Å². The van der Waals surface area contributed by atoms with Gasteiger partial charge in [-0.05, 0) is 13.8 Å². The molecule has 1 aromatic carbocycles. The number of benzene rings is 1. The van der Waals surface area contributed by atoms with E-state index in [-0.39, 0.29) is 16.6 Å². The molecular weight excluding hydrogens is 261 g/mol. The number of aromatic nitrogens is 1. The maximum absolute atomic E-state index is 13.6. The molecule has 6 heteroatoms. The number of rotatable bonds is 2. The van der Waals surface area contributed by atoms with Gasteiger partial charge < -0.3 is 5.73 Å². The fourth-order valence-corrected chi connectivity index (χ4v) is 2.75. The van der Waals surface area contributed by atoms with Gasteiger partial charge in [0.15, 0.2) is 0 Å². The molecule has 1 atom stereocenters. The zero-order valence-corrected chi connectivity index (χ0v) is 10.6. The maximum atomic E-state index is 13.6. The van der Waals surface area contributed by atoms with E-state index in [9.17, 15) is 13.2 Å². The highest BCUT2D eigenvalue weighted by atomic mass is 32.1. The van der Waals surface area contributed by atoms with E-state index in [0.29, 0.717) is 17.8 Å². The van der Waals surface area contributed by atoms with E-state index in [4.69, 9.17) is 5.73 Å². The zero-order chi connectivity index (χ0) is 13.4. The monoisotopic (exact) mass is 272 g/mol. The Morgan fingerprint density at radius 3 is 2.22 bits per heavy atom. The molecule has 0 radical (unpaired) electrons. The van der Waals surface area contributed by atoms with E-state index in [1.54, 1.807) is 13.8 Å². The summed E-state index contributed by atoms with van der Waals surface area (Å²) in [6, 6.07) is 1.02. The van der Waals surface area contributed by atoms with Crippen molar-refractivity contribution in [3.8, 4) is 10.6 Å². The van der Waals surface area contributed by atoms with Crippen molar-refractivity contribution in [1.82, 2.24) is 4.98 Å². The van der Waals surface area contributed by atoms with Crippen LogP contribution in [0.4, 0.5) is 13.2 Å². The number of halogens is 3. The molecule has 0 bridgehead atoms. The van der Waals surface area contributed by atoms with E-state index in [2.05, 4.69) is 4.98 Å². The Morgan fingerprint density at radius 2 is 1.78 bits per heavy atom. The molecule has 0 fully saturated rings. The van der Waals surface area contributed by atoms with Gasteiger partial charge in [0.1, 0.15) is 22.5 Å². The molecule has 0 amide bonds. The smallest absolute Gasteiger partial charge is 0.139 e. The molecule has 0 aliphatic heterocycles. The molecule has 2 N–H and O–H groups in total. The summed E-state index contributed by atoms with van der Waals surface area (Å²) in [7, 11) is 0. The Balaban J connectivity index is 2.59. The van der Waals surface area contributed by atoms with Crippen LogP contribution >= 0.6 is 11.3 Å². The van der Waals surface area contributed by atoms with Gasteiger partial charge in [-0.15, -0.1) is 11.3 Å². The third kappa shape index (κ3) is 2.26. The molecule has 0 saturated carbocycles. The van der Waals surface area contributed by atoms with Crippen LogP contribution < -0.4 is 5.73 Å². The van der Waals surface area contributed by atoms with Crippen LogP contribution in [0.2, 0.25) is 0 Å². The van der Waals surface area contributed by atoms with Gasteiger partial charge in [0, 0.05) is 23.1 Å². The lowest BCUT2D eigenvalue weighted by Crippen LogP contribution is -2.03.